The SMILES string of the molecule is CCc1nn(C)c(COc2ccccc2[C@H](N)CC)c1Br. The third-order valence-electron chi connectivity index (χ3n) is 3.63. The monoisotopic (exact) mass is 351 g/mol. The van der Waals surface area contributed by atoms with Crippen molar-refractivity contribution in [2.45, 2.75) is 39.3 Å². The van der Waals surface area contributed by atoms with Crippen LogP contribution in [0.2, 0.25) is 0 Å². The zero-order valence-electron chi connectivity index (χ0n) is 12.8. The molecule has 0 spiro atoms. The quantitative estimate of drug-likeness (QED) is 0.862. The maximum Gasteiger partial charge on any atom is 0.131 e. The summed E-state index contributed by atoms with van der Waals surface area (Å²) in [5.74, 6) is 0.845. The van der Waals surface area contributed by atoms with Crippen molar-refractivity contribution in [3.8, 4) is 5.75 Å². The molecule has 1 aromatic carbocycles. The third kappa shape index (κ3) is 3.47. The Morgan fingerprint density at radius 3 is 2.67 bits per heavy atom. The van der Waals surface area contributed by atoms with Gasteiger partial charge >= 0.3 is 0 Å². The molecule has 2 aromatic rings. The molecule has 1 aromatic heterocycles. The predicted octanol–water partition coefficient (Wildman–Crippen LogP) is 3.73. The summed E-state index contributed by atoms with van der Waals surface area (Å²) in [6.45, 7) is 4.64. The Kier molecular flexibility index (Phi) is 5.42. The van der Waals surface area contributed by atoms with Crippen molar-refractivity contribution in [2.75, 3.05) is 0 Å². The van der Waals surface area contributed by atoms with E-state index in [1.165, 1.54) is 0 Å². The van der Waals surface area contributed by atoms with E-state index in [0.29, 0.717) is 6.61 Å². The van der Waals surface area contributed by atoms with Crippen LogP contribution in [-0.2, 0) is 20.1 Å². The molecular formula is C16H22BrN3O. The number of rotatable bonds is 6. The van der Waals surface area contributed by atoms with Crippen LogP contribution in [0.3, 0.4) is 0 Å². The molecule has 4 nitrogen and oxygen atoms in total. The molecule has 2 rings (SSSR count). The highest BCUT2D eigenvalue weighted by Gasteiger charge is 2.15. The minimum absolute atomic E-state index is 0.00220. The Bertz CT molecular complexity index is 610. The van der Waals surface area contributed by atoms with Gasteiger partial charge in [0.15, 0.2) is 0 Å². The topological polar surface area (TPSA) is 53.1 Å². The Morgan fingerprint density at radius 2 is 2.05 bits per heavy atom. The van der Waals surface area contributed by atoms with Crippen molar-refractivity contribution in [3.63, 3.8) is 0 Å². The van der Waals surface area contributed by atoms with Crippen molar-refractivity contribution in [1.82, 2.24) is 9.78 Å². The lowest BCUT2D eigenvalue weighted by Gasteiger charge is -2.15. The standard InChI is InChI=1S/C16H22BrN3O/c1-4-12(18)11-8-6-7-9-15(11)21-10-14-16(17)13(5-2)19-20(14)3/h6-9,12H,4-5,10,18H2,1-3H3/t12-/m1/s1. The summed E-state index contributed by atoms with van der Waals surface area (Å²) in [4.78, 5) is 0. The van der Waals surface area contributed by atoms with Gasteiger partial charge in [-0.3, -0.25) is 4.68 Å². The number of hydrogen-bond acceptors (Lipinski definition) is 3. The summed E-state index contributed by atoms with van der Waals surface area (Å²) in [7, 11) is 1.94. The fourth-order valence-electron chi connectivity index (χ4n) is 2.26. The minimum atomic E-state index is 0.00220. The Hall–Kier alpha value is -1.33. The van der Waals surface area contributed by atoms with Gasteiger partial charge in [-0.15, -0.1) is 0 Å². The first kappa shape index (κ1) is 16.0. The lowest BCUT2D eigenvalue weighted by atomic mass is 10.0. The summed E-state index contributed by atoms with van der Waals surface area (Å²) >= 11 is 3.61. The molecule has 0 unspecified atom stereocenters. The normalized spacial score (nSPS) is 12.4. The smallest absolute Gasteiger partial charge is 0.131 e. The highest BCUT2D eigenvalue weighted by atomic mass is 79.9. The molecular weight excluding hydrogens is 330 g/mol. The van der Waals surface area contributed by atoms with Gasteiger partial charge in [0.05, 0.1) is 15.9 Å². The fourth-order valence-corrected chi connectivity index (χ4v) is 2.99. The van der Waals surface area contributed by atoms with Gasteiger partial charge in [0.1, 0.15) is 12.4 Å². The Labute approximate surface area is 134 Å². The van der Waals surface area contributed by atoms with Gasteiger partial charge in [-0.05, 0) is 34.8 Å². The van der Waals surface area contributed by atoms with Crippen LogP contribution in [0.4, 0.5) is 0 Å². The van der Waals surface area contributed by atoms with E-state index in [9.17, 15) is 0 Å². The van der Waals surface area contributed by atoms with Crippen molar-refractivity contribution >= 4 is 15.9 Å². The van der Waals surface area contributed by atoms with Crippen molar-refractivity contribution in [1.29, 1.82) is 0 Å². The van der Waals surface area contributed by atoms with Crippen LogP contribution in [-0.4, -0.2) is 9.78 Å². The molecule has 114 valence electrons. The molecule has 0 fully saturated rings. The Morgan fingerprint density at radius 1 is 1.33 bits per heavy atom. The van der Waals surface area contributed by atoms with Gasteiger partial charge in [0, 0.05) is 18.7 Å². The average molecular weight is 352 g/mol. The number of para-hydroxylation sites is 1. The molecule has 0 radical (unpaired) electrons. The van der Waals surface area contributed by atoms with Crippen LogP contribution in [0, 0.1) is 0 Å². The van der Waals surface area contributed by atoms with Gasteiger partial charge < -0.3 is 10.5 Å². The number of hydrogen-bond donors (Lipinski definition) is 1. The number of aromatic nitrogens is 2. The predicted molar refractivity (Wildman–Crippen MR) is 88.3 cm³/mol. The van der Waals surface area contributed by atoms with Crippen LogP contribution in [0.1, 0.15) is 43.3 Å². The van der Waals surface area contributed by atoms with E-state index in [-0.39, 0.29) is 6.04 Å². The van der Waals surface area contributed by atoms with Crippen LogP contribution in [0.5, 0.6) is 5.75 Å². The van der Waals surface area contributed by atoms with Gasteiger partial charge in [0.2, 0.25) is 0 Å². The molecule has 1 atom stereocenters. The van der Waals surface area contributed by atoms with Gasteiger partial charge in [-0.1, -0.05) is 32.0 Å². The van der Waals surface area contributed by atoms with Crippen molar-refractivity contribution in [3.05, 3.63) is 45.7 Å². The summed E-state index contributed by atoms with van der Waals surface area (Å²) in [5, 5.41) is 4.48. The highest BCUT2D eigenvalue weighted by molar-refractivity contribution is 9.10. The van der Waals surface area contributed by atoms with Gasteiger partial charge in [0.25, 0.3) is 0 Å². The van der Waals surface area contributed by atoms with E-state index >= 15 is 0 Å². The lowest BCUT2D eigenvalue weighted by molar-refractivity contribution is 0.289. The number of halogens is 1. The average Bonchev–Trinajstić information content (AvgIpc) is 2.79. The zero-order chi connectivity index (χ0) is 15.4. The third-order valence-corrected chi connectivity index (χ3v) is 4.54. The molecule has 1 heterocycles. The van der Waals surface area contributed by atoms with E-state index < -0.39 is 0 Å². The molecule has 0 aliphatic heterocycles. The van der Waals surface area contributed by atoms with Gasteiger partial charge in [-0.2, -0.15) is 5.10 Å². The van der Waals surface area contributed by atoms with Crippen molar-refractivity contribution < 1.29 is 4.74 Å². The molecule has 0 amide bonds. The van der Waals surface area contributed by atoms with Crippen LogP contribution in [0.25, 0.3) is 0 Å². The van der Waals surface area contributed by atoms with Crippen molar-refractivity contribution in [2.24, 2.45) is 12.8 Å². The van der Waals surface area contributed by atoms with E-state index in [4.69, 9.17) is 10.5 Å². The first-order chi connectivity index (χ1) is 10.1. The van der Waals surface area contributed by atoms with Crippen LogP contribution in [0.15, 0.2) is 28.7 Å². The number of nitrogens with two attached hydrogens (primary N) is 1. The lowest BCUT2D eigenvalue weighted by Crippen LogP contribution is -2.11. The molecule has 2 N–H and O–H groups in total. The van der Waals surface area contributed by atoms with E-state index in [1.54, 1.807) is 0 Å². The summed E-state index contributed by atoms with van der Waals surface area (Å²) in [6.07, 6.45) is 1.78. The van der Waals surface area contributed by atoms with E-state index in [1.807, 2.05) is 36.0 Å². The van der Waals surface area contributed by atoms with Crippen LogP contribution < -0.4 is 10.5 Å². The number of benzene rings is 1. The zero-order valence-corrected chi connectivity index (χ0v) is 14.4. The highest BCUT2D eigenvalue weighted by Crippen LogP contribution is 2.28. The second-order valence-corrected chi connectivity index (χ2v) is 5.82. The first-order valence-corrected chi connectivity index (χ1v) is 8.05. The number of aryl methyl sites for hydroxylation is 2. The molecule has 0 saturated carbocycles. The summed E-state index contributed by atoms with van der Waals surface area (Å²) in [5.41, 5.74) is 9.28. The second-order valence-electron chi connectivity index (χ2n) is 5.03. The van der Waals surface area contributed by atoms with Crippen LogP contribution >= 0.6 is 15.9 Å². The van der Waals surface area contributed by atoms with E-state index in [0.717, 1.165) is 40.0 Å². The second kappa shape index (κ2) is 7.09. The van der Waals surface area contributed by atoms with E-state index in [2.05, 4.69) is 34.9 Å². The Balaban J connectivity index is 2.19. The number of ether oxygens (including phenoxy) is 1. The molecule has 0 aliphatic carbocycles. The summed E-state index contributed by atoms with van der Waals surface area (Å²) in [6, 6.07) is 7.96. The molecule has 0 aliphatic rings. The maximum atomic E-state index is 6.14. The number of nitrogens with zero attached hydrogens (tertiary/aromatic N) is 2. The van der Waals surface area contributed by atoms with Gasteiger partial charge in [-0.25, -0.2) is 0 Å². The fraction of sp³-hybridized carbons (Fsp3) is 0.438. The molecule has 0 bridgehead atoms. The summed E-state index contributed by atoms with van der Waals surface area (Å²) < 4.78 is 8.89. The first-order valence-electron chi connectivity index (χ1n) is 7.26. The minimum Gasteiger partial charge on any atom is -0.487 e. The maximum absolute atomic E-state index is 6.14. The molecule has 5 heteroatoms. The molecule has 0 saturated heterocycles. The largest absolute Gasteiger partial charge is 0.487 e. The molecule has 21 heavy (non-hydrogen) atoms.